The number of hydrogen-bond donors (Lipinski definition) is 0. The van der Waals surface area contributed by atoms with Crippen molar-refractivity contribution < 1.29 is 8.83 Å². The second-order valence-electron chi connectivity index (χ2n) is 5.26. The van der Waals surface area contributed by atoms with Gasteiger partial charge in [-0.15, -0.1) is 0 Å². The lowest BCUT2D eigenvalue weighted by Gasteiger charge is -2.05. The summed E-state index contributed by atoms with van der Waals surface area (Å²) >= 11 is 3.37. The van der Waals surface area contributed by atoms with E-state index in [0.717, 1.165) is 10.9 Å². The molecule has 0 aliphatic heterocycles. The van der Waals surface area contributed by atoms with Gasteiger partial charge in [0.15, 0.2) is 11.3 Å². The molecule has 0 N–H and O–H groups in total. The van der Waals surface area contributed by atoms with Crippen molar-refractivity contribution in [2.24, 2.45) is 0 Å². The van der Waals surface area contributed by atoms with Crippen LogP contribution in [0.1, 0.15) is 5.56 Å². The second-order valence-corrected chi connectivity index (χ2v) is 5.82. The summed E-state index contributed by atoms with van der Waals surface area (Å²) in [4.78, 5) is 28.3. The van der Waals surface area contributed by atoms with Crippen LogP contribution in [0, 0.1) is 0 Å². The number of hydrogen-bond acceptors (Lipinski definition) is 5. The van der Waals surface area contributed by atoms with Crippen molar-refractivity contribution in [2.75, 3.05) is 0 Å². The van der Waals surface area contributed by atoms with Crippen LogP contribution in [-0.2, 0) is 5.33 Å². The van der Waals surface area contributed by atoms with Gasteiger partial charge < -0.3 is 8.83 Å². The fourth-order valence-corrected chi connectivity index (χ4v) is 3.08. The molecule has 0 bridgehead atoms. The van der Waals surface area contributed by atoms with Crippen LogP contribution in [0.3, 0.4) is 0 Å². The maximum atomic E-state index is 12.2. The average molecular weight is 384 g/mol. The number of benzene rings is 2. The Balaban J connectivity index is 2.06. The molecule has 0 atom stereocenters. The number of nitrogens with zero attached hydrogens (tertiary/aromatic N) is 1. The molecule has 0 aliphatic rings. The summed E-state index contributed by atoms with van der Waals surface area (Å²) in [5.74, 6) is 0. The molecule has 0 saturated heterocycles. The molecule has 0 saturated carbocycles. The summed E-state index contributed by atoms with van der Waals surface area (Å²) in [6, 6.07) is 13.9. The highest BCUT2D eigenvalue weighted by Gasteiger charge is 2.13. The number of aromatic nitrogens is 1. The minimum atomic E-state index is -0.535. The molecule has 2 aromatic heterocycles. The van der Waals surface area contributed by atoms with E-state index >= 15 is 0 Å². The monoisotopic (exact) mass is 383 g/mol. The van der Waals surface area contributed by atoms with Gasteiger partial charge in [-0.1, -0.05) is 46.3 Å². The fourth-order valence-electron chi connectivity index (χ4n) is 2.62. The largest absolute Gasteiger partial charge is 0.423 e. The SMILES string of the molecule is O=c1cc(CBr)c2cc3nc(-c4ccccc4)c(=O)oc3cc2o1. The molecule has 118 valence electrons. The van der Waals surface area contributed by atoms with Gasteiger partial charge in [0.2, 0.25) is 0 Å². The summed E-state index contributed by atoms with van der Waals surface area (Å²) in [7, 11) is 0. The van der Waals surface area contributed by atoms with E-state index in [0.29, 0.717) is 22.0 Å². The molecular weight excluding hydrogens is 374 g/mol. The number of alkyl halides is 1. The van der Waals surface area contributed by atoms with Crippen LogP contribution in [0.4, 0.5) is 0 Å². The Morgan fingerprint density at radius 3 is 2.50 bits per heavy atom. The summed E-state index contributed by atoms with van der Waals surface area (Å²) < 4.78 is 10.6. The molecule has 0 radical (unpaired) electrons. The smallest absolute Gasteiger partial charge is 0.363 e. The van der Waals surface area contributed by atoms with E-state index in [9.17, 15) is 9.59 Å². The van der Waals surface area contributed by atoms with Gasteiger partial charge in [-0.3, -0.25) is 0 Å². The van der Waals surface area contributed by atoms with E-state index in [4.69, 9.17) is 8.83 Å². The molecule has 2 heterocycles. The maximum absolute atomic E-state index is 12.2. The third-order valence-electron chi connectivity index (χ3n) is 3.73. The summed E-state index contributed by atoms with van der Waals surface area (Å²) in [6.45, 7) is 0. The van der Waals surface area contributed by atoms with Gasteiger partial charge in [0.05, 0.1) is 0 Å². The highest BCUT2D eigenvalue weighted by Crippen LogP contribution is 2.25. The molecule has 4 aromatic rings. The molecule has 0 spiro atoms. The van der Waals surface area contributed by atoms with E-state index in [2.05, 4.69) is 20.9 Å². The molecule has 0 aliphatic carbocycles. The van der Waals surface area contributed by atoms with Crippen molar-refractivity contribution in [2.45, 2.75) is 5.33 Å². The minimum Gasteiger partial charge on any atom is -0.423 e. The third kappa shape index (κ3) is 2.45. The Labute approximate surface area is 143 Å². The van der Waals surface area contributed by atoms with Crippen molar-refractivity contribution in [1.82, 2.24) is 4.98 Å². The zero-order valence-electron chi connectivity index (χ0n) is 12.3. The topological polar surface area (TPSA) is 73.3 Å². The predicted octanol–water partition coefficient (Wildman–Crippen LogP) is 3.86. The number of rotatable bonds is 2. The molecule has 0 fully saturated rings. The van der Waals surface area contributed by atoms with Gasteiger partial charge in [-0.2, -0.15) is 0 Å². The van der Waals surface area contributed by atoms with Crippen LogP contribution in [-0.4, -0.2) is 4.98 Å². The zero-order valence-corrected chi connectivity index (χ0v) is 13.9. The van der Waals surface area contributed by atoms with E-state index < -0.39 is 11.3 Å². The number of fused-ring (bicyclic) bond motifs is 2. The lowest BCUT2D eigenvalue weighted by molar-refractivity contribution is 0.547. The molecule has 4 rings (SSSR count). The fraction of sp³-hybridized carbons (Fsp3) is 0.0556. The molecule has 0 unspecified atom stereocenters. The van der Waals surface area contributed by atoms with Gasteiger partial charge >= 0.3 is 11.3 Å². The Hall–Kier alpha value is -2.73. The van der Waals surface area contributed by atoms with Crippen molar-refractivity contribution in [3.63, 3.8) is 0 Å². The summed E-state index contributed by atoms with van der Waals surface area (Å²) in [6.07, 6.45) is 0. The predicted molar refractivity (Wildman–Crippen MR) is 94.4 cm³/mol. The molecular formula is C18H10BrNO4. The zero-order chi connectivity index (χ0) is 16.7. The van der Waals surface area contributed by atoms with Crippen molar-refractivity contribution >= 4 is 38.0 Å². The average Bonchev–Trinajstić information content (AvgIpc) is 2.59. The molecule has 6 heteroatoms. The second kappa shape index (κ2) is 5.72. The van der Waals surface area contributed by atoms with Gasteiger partial charge in [0.25, 0.3) is 0 Å². The first-order valence-electron chi connectivity index (χ1n) is 7.19. The van der Waals surface area contributed by atoms with Crippen LogP contribution in [0.5, 0.6) is 0 Å². The minimum absolute atomic E-state index is 0.250. The Kier molecular flexibility index (Phi) is 3.54. The Morgan fingerprint density at radius 1 is 0.958 bits per heavy atom. The normalized spacial score (nSPS) is 11.2. The first-order valence-corrected chi connectivity index (χ1v) is 8.31. The highest BCUT2D eigenvalue weighted by molar-refractivity contribution is 9.08. The van der Waals surface area contributed by atoms with Crippen molar-refractivity contribution in [3.8, 4) is 11.3 Å². The third-order valence-corrected chi connectivity index (χ3v) is 4.33. The molecule has 2 aromatic carbocycles. The van der Waals surface area contributed by atoms with E-state index in [1.54, 1.807) is 18.2 Å². The van der Waals surface area contributed by atoms with Crippen molar-refractivity contribution in [1.29, 1.82) is 0 Å². The first kappa shape index (κ1) is 14.8. The quantitative estimate of drug-likeness (QED) is 0.298. The molecule has 24 heavy (non-hydrogen) atoms. The first-order chi connectivity index (χ1) is 11.7. The van der Waals surface area contributed by atoms with Crippen LogP contribution in [0.25, 0.3) is 33.3 Å². The summed E-state index contributed by atoms with van der Waals surface area (Å²) in [5.41, 5.74) is 1.91. The van der Waals surface area contributed by atoms with Crippen LogP contribution < -0.4 is 11.3 Å². The molecule has 5 nitrogen and oxygen atoms in total. The van der Waals surface area contributed by atoms with E-state index in [-0.39, 0.29) is 11.3 Å². The Bertz CT molecular complexity index is 1180. The van der Waals surface area contributed by atoms with E-state index in [1.807, 2.05) is 18.2 Å². The van der Waals surface area contributed by atoms with Gasteiger partial charge in [-0.05, 0) is 11.6 Å². The van der Waals surface area contributed by atoms with Crippen LogP contribution in [0.2, 0.25) is 0 Å². The van der Waals surface area contributed by atoms with Crippen LogP contribution in [0.15, 0.2) is 67.0 Å². The van der Waals surface area contributed by atoms with Gasteiger partial charge in [0.1, 0.15) is 11.1 Å². The Morgan fingerprint density at radius 2 is 1.75 bits per heavy atom. The molecule has 0 amide bonds. The van der Waals surface area contributed by atoms with E-state index in [1.165, 1.54) is 12.1 Å². The number of halogens is 1. The maximum Gasteiger partial charge on any atom is 0.363 e. The van der Waals surface area contributed by atoms with Crippen molar-refractivity contribution in [3.05, 3.63) is 74.9 Å². The van der Waals surface area contributed by atoms with Gasteiger partial charge in [-0.25, -0.2) is 14.6 Å². The lowest BCUT2D eigenvalue weighted by atomic mass is 10.1. The van der Waals surface area contributed by atoms with Gasteiger partial charge in [0, 0.05) is 28.4 Å². The summed E-state index contributed by atoms with van der Waals surface area (Å²) in [5, 5.41) is 1.25. The van der Waals surface area contributed by atoms with Crippen LogP contribution >= 0.6 is 15.9 Å². The highest BCUT2D eigenvalue weighted by atomic mass is 79.9. The lowest BCUT2D eigenvalue weighted by Crippen LogP contribution is -2.06. The standard InChI is InChI=1S/C18H10BrNO4/c19-9-11-6-16(21)23-14-8-15-13(7-12(11)14)20-17(18(22)24-15)10-4-2-1-3-5-10/h1-8H,9H2.